The fourth-order valence-corrected chi connectivity index (χ4v) is 3.16. The van der Waals surface area contributed by atoms with Crippen LogP contribution in [0.15, 0.2) is 30.3 Å². The number of esters is 1. The Bertz CT molecular complexity index is 749. The smallest absolute Gasteiger partial charge is 0.455 e. The number of carbonyl (C=O) groups excluding carboxylic acids is 1. The molecule has 0 amide bonds. The van der Waals surface area contributed by atoms with Gasteiger partial charge in [-0.2, -0.15) is 21.6 Å². The molecule has 0 bridgehead atoms. The first-order valence-electron chi connectivity index (χ1n) is 7.16. The second kappa shape index (κ2) is 6.24. The summed E-state index contributed by atoms with van der Waals surface area (Å²) in [6.45, 7) is 1.53. The van der Waals surface area contributed by atoms with E-state index in [1.807, 2.05) is 0 Å². The molecular formula is C14H13F3O7S. The van der Waals surface area contributed by atoms with Crippen LogP contribution in [0.5, 0.6) is 0 Å². The van der Waals surface area contributed by atoms with Crippen LogP contribution in [0.25, 0.3) is 0 Å². The number of alkyl halides is 3. The minimum Gasteiger partial charge on any atom is -0.455 e. The highest BCUT2D eigenvalue weighted by molar-refractivity contribution is 7.87. The summed E-state index contributed by atoms with van der Waals surface area (Å²) in [7, 11) is -5.99. The molecule has 0 aliphatic carbocycles. The highest BCUT2D eigenvalue weighted by Crippen LogP contribution is 2.39. The molecule has 0 N–H and O–H groups in total. The van der Waals surface area contributed by atoms with Gasteiger partial charge in [-0.05, 0) is 6.92 Å². The lowest BCUT2D eigenvalue weighted by Gasteiger charge is -2.36. The van der Waals surface area contributed by atoms with Gasteiger partial charge >= 0.3 is 21.6 Å². The second-order valence-corrected chi connectivity index (χ2v) is 7.07. The van der Waals surface area contributed by atoms with E-state index in [0.29, 0.717) is 5.56 Å². The third-order valence-corrected chi connectivity index (χ3v) is 4.80. The van der Waals surface area contributed by atoms with Gasteiger partial charge in [-0.1, -0.05) is 30.3 Å². The molecule has 11 heteroatoms. The summed E-state index contributed by atoms with van der Waals surface area (Å²) in [6.07, 6.45) is -6.25. The Labute approximate surface area is 140 Å². The minimum absolute atomic E-state index is 0.546. The zero-order chi connectivity index (χ0) is 18.4. The molecule has 2 aliphatic heterocycles. The molecule has 25 heavy (non-hydrogen) atoms. The fraction of sp³-hybridized carbons (Fsp3) is 0.500. The van der Waals surface area contributed by atoms with Crippen LogP contribution < -0.4 is 0 Å². The van der Waals surface area contributed by atoms with E-state index in [0.717, 1.165) is 0 Å². The van der Waals surface area contributed by atoms with Crippen molar-refractivity contribution in [2.45, 2.75) is 43.1 Å². The van der Waals surface area contributed by atoms with Crippen LogP contribution in [0.1, 0.15) is 18.8 Å². The van der Waals surface area contributed by atoms with Gasteiger partial charge in [0.1, 0.15) is 6.10 Å². The second-order valence-electron chi connectivity index (χ2n) is 5.50. The summed E-state index contributed by atoms with van der Waals surface area (Å²) < 4.78 is 80.0. The lowest BCUT2D eigenvalue weighted by molar-refractivity contribution is -0.277. The van der Waals surface area contributed by atoms with Gasteiger partial charge in [0.2, 0.25) is 6.10 Å². The summed E-state index contributed by atoms with van der Waals surface area (Å²) in [5.41, 5.74) is -5.12. The average molecular weight is 382 g/mol. The minimum atomic E-state index is -5.99. The number of ether oxygens (including phenoxy) is 3. The van der Waals surface area contributed by atoms with Crippen molar-refractivity contribution in [2.24, 2.45) is 0 Å². The lowest BCUT2D eigenvalue weighted by Crippen LogP contribution is -2.48. The van der Waals surface area contributed by atoms with Crippen LogP contribution in [0.3, 0.4) is 0 Å². The molecule has 0 spiro atoms. The molecule has 0 radical (unpaired) electrons. The van der Waals surface area contributed by atoms with Crippen LogP contribution in [0.2, 0.25) is 0 Å². The van der Waals surface area contributed by atoms with Crippen LogP contribution >= 0.6 is 0 Å². The first-order valence-corrected chi connectivity index (χ1v) is 8.57. The van der Waals surface area contributed by atoms with E-state index in [1.54, 1.807) is 30.3 Å². The molecule has 3 rings (SSSR count). The molecule has 2 fully saturated rings. The highest BCUT2D eigenvalue weighted by Gasteiger charge is 2.58. The van der Waals surface area contributed by atoms with Gasteiger partial charge in [0.05, 0.1) is 6.10 Å². The van der Waals surface area contributed by atoms with Gasteiger partial charge in [-0.3, -0.25) is 0 Å². The van der Waals surface area contributed by atoms with E-state index < -0.39 is 52.3 Å². The van der Waals surface area contributed by atoms with Gasteiger partial charge in [0, 0.05) is 5.56 Å². The molecule has 1 aromatic rings. The number of hydrogen-bond donors (Lipinski definition) is 0. The van der Waals surface area contributed by atoms with Gasteiger partial charge in [-0.15, -0.1) is 0 Å². The standard InChI is InChI=1S/C14H13F3O7S/c1-7-9-10(23-13(21-7)8-5-3-2-4-6-8)11(12(18)22-9)24-25(19,20)14(15,16)17/h2-7,9-11,13H,1H3/t7-,9?,10+,11+,13+/m0/s1. The Morgan fingerprint density at radius 1 is 1.08 bits per heavy atom. The maximum atomic E-state index is 12.5. The number of fused-ring (bicyclic) bond motifs is 1. The maximum absolute atomic E-state index is 12.5. The first-order chi connectivity index (χ1) is 11.6. The normalized spacial score (nSPS) is 33.0. The average Bonchev–Trinajstić information content (AvgIpc) is 2.84. The molecule has 5 atom stereocenters. The maximum Gasteiger partial charge on any atom is 0.523 e. The topological polar surface area (TPSA) is 88.1 Å². The Morgan fingerprint density at radius 2 is 1.72 bits per heavy atom. The van der Waals surface area contributed by atoms with E-state index in [-0.39, 0.29) is 0 Å². The molecule has 2 saturated heterocycles. The lowest BCUT2D eigenvalue weighted by atomic mass is 10.0. The van der Waals surface area contributed by atoms with Crippen LogP contribution in [0, 0.1) is 0 Å². The van der Waals surface area contributed by atoms with Crippen molar-refractivity contribution in [3.63, 3.8) is 0 Å². The zero-order valence-electron chi connectivity index (χ0n) is 12.7. The van der Waals surface area contributed by atoms with E-state index in [2.05, 4.69) is 4.18 Å². The summed E-state index contributed by atoms with van der Waals surface area (Å²) in [4.78, 5) is 11.8. The van der Waals surface area contributed by atoms with Crippen molar-refractivity contribution in [2.75, 3.05) is 0 Å². The van der Waals surface area contributed by atoms with Gasteiger partial charge < -0.3 is 14.2 Å². The van der Waals surface area contributed by atoms with Crippen molar-refractivity contribution in [3.05, 3.63) is 35.9 Å². The van der Waals surface area contributed by atoms with Gasteiger partial charge in [-0.25, -0.2) is 8.98 Å². The van der Waals surface area contributed by atoms with Gasteiger partial charge in [0.15, 0.2) is 12.4 Å². The predicted octanol–water partition coefficient (Wildman–Crippen LogP) is 1.65. The first kappa shape index (κ1) is 18.1. The van der Waals surface area contributed by atoms with E-state index in [1.165, 1.54) is 6.92 Å². The SMILES string of the molecule is C[C@@H]1O[C@@H](c2ccccc2)O[C@@H]2C1OC(=O)[C@@H]2OS(=O)(=O)C(F)(F)F. The van der Waals surface area contributed by atoms with E-state index in [4.69, 9.17) is 14.2 Å². The highest BCUT2D eigenvalue weighted by atomic mass is 32.2. The summed E-state index contributed by atoms with van der Waals surface area (Å²) in [5.74, 6) is -1.26. The monoisotopic (exact) mass is 382 g/mol. The Kier molecular flexibility index (Phi) is 4.52. The Morgan fingerprint density at radius 3 is 2.32 bits per heavy atom. The van der Waals surface area contributed by atoms with Crippen molar-refractivity contribution in [3.8, 4) is 0 Å². The quantitative estimate of drug-likeness (QED) is 0.446. The molecule has 0 saturated carbocycles. The zero-order valence-corrected chi connectivity index (χ0v) is 13.5. The number of hydrogen-bond acceptors (Lipinski definition) is 7. The third-order valence-electron chi connectivity index (χ3n) is 3.77. The molecule has 0 aromatic heterocycles. The number of halogens is 3. The van der Waals surface area contributed by atoms with Crippen molar-refractivity contribution in [1.29, 1.82) is 0 Å². The van der Waals surface area contributed by atoms with Crippen molar-refractivity contribution >= 4 is 16.1 Å². The molecule has 7 nitrogen and oxygen atoms in total. The molecular weight excluding hydrogens is 369 g/mol. The fourth-order valence-electron chi connectivity index (χ4n) is 2.59. The van der Waals surface area contributed by atoms with Crippen molar-refractivity contribution < 1.29 is 44.8 Å². The summed E-state index contributed by atoms with van der Waals surface area (Å²) in [6, 6.07) is 8.42. The van der Waals surface area contributed by atoms with Crippen LogP contribution in [-0.4, -0.2) is 44.3 Å². The Hall–Kier alpha value is -1.69. The molecule has 1 unspecified atom stereocenters. The number of carbonyl (C=O) groups is 1. The number of benzene rings is 1. The molecule has 2 heterocycles. The van der Waals surface area contributed by atoms with Crippen molar-refractivity contribution in [1.82, 2.24) is 0 Å². The van der Waals surface area contributed by atoms with E-state index in [9.17, 15) is 26.4 Å². The summed E-state index contributed by atoms with van der Waals surface area (Å²) in [5, 5.41) is 0. The van der Waals surface area contributed by atoms with E-state index >= 15 is 0 Å². The van der Waals surface area contributed by atoms with Gasteiger partial charge in [0.25, 0.3) is 0 Å². The van der Waals surface area contributed by atoms with Crippen LogP contribution in [0.4, 0.5) is 13.2 Å². The predicted molar refractivity (Wildman–Crippen MR) is 74.3 cm³/mol. The third kappa shape index (κ3) is 3.36. The molecule has 138 valence electrons. The largest absolute Gasteiger partial charge is 0.523 e. The molecule has 1 aromatic carbocycles. The Balaban J connectivity index is 1.85. The number of rotatable bonds is 3. The summed E-state index contributed by atoms with van der Waals surface area (Å²) >= 11 is 0. The molecule has 2 aliphatic rings. The van der Waals surface area contributed by atoms with Crippen LogP contribution in [-0.2, 0) is 33.3 Å².